The summed E-state index contributed by atoms with van der Waals surface area (Å²) in [6.07, 6.45) is -3.77. The van der Waals surface area contributed by atoms with Gasteiger partial charge in [0.2, 0.25) is 18.2 Å². The normalized spacial score (nSPS) is 35.5. The predicted molar refractivity (Wildman–Crippen MR) is 50.7 cm³/mol. The van der Waals surface area contributed by atoms with Crippen molar-refractivity contribution in [2.75, 3.05) is 6.61 Å². The summed E-state index contributed by atoms with van der Waals surface area (Å²) in [4.78, 5) is 33.7. The number of carbonyl (C=O) groups is 3. The van der Waals surface area contributed by atoms with Gasteiger partial charge in [0.05, 0.1) is 6.61 Å². The van der Waals surface area contributed by atoms with Crippen molar-refractivity contribution >= 4 is 17.7 Å². The van der Waals surface area contributed by atoms with Gasteiger partial charge in [-0.2, -0.15) is 0 Å². The maximum atomic E-state index is 11.9. The fourth-order valence-corrected chi connectivity index (χ4v) is 1.84. The summed E-state index contributed by atoms with van der Waals surface area (Å²) in [6.45, 7) is 2.50. The highest BCUT2D eigenvalue weighted by atomic mass is 16.8. The molecule has 0 amide bonds. The van der Waals surface area contributed by atoms with Crippen molar-refractivity contribution in [3.8, 4) is 0 Å². The van der Waals surface area contributed by atoms with Gasteiger partial charge in [-0.1, -0.05) is 0 Å². The first kappa shape index (κ1) is 12.0. The Balaban J connectivity index is 2.15. The number of rotatable bonds is 2. The molecule has 0 aliphatic carbocycles. The van der Waals surface area contributed by atoms with Crippen molar-refractivity contribution < 1.29 is 33.3 Å². The lowest BCUT2D eigenvalue weighted by molar-refractivity contribution is -0.206. The summed E-state index contributed by atoms with van der Waals surface area (Å²) < 4.78 is 20.1. The summed E-state index contributed by atoms with van der Waals surface area (Å²) in [5, 5.41) is 0. The van der Waals surface area contributed by atoms with Gasteiger partial charge in [-0.05, 0) is 0 Å². The van der Waals surface area contributed by atoms with E-state index in [-0.39, 0.29) is 6.61 Å². The van der Waals surface area contributed by atoms with E-state index in [1.165, 1.54) is 13.8 Å². The summed E-state index contributed by atoms with van der Waals surface area (Å²) in [6, 6.07) is 0. The van der Waals surface area contributed by atoms with Crippen molar-refractivity contribution in [3.63, 3.8) is 0 Å². The van der Waals surface area contributed by atoms with Crippen molar-refractivity contribution in [1.29, 1.82) is 0 Å². The van der Waals surface area contributed by atoms with E-state index < -0.39 is 42.3 Å². The molecular formula is C10H12O7. The Morgan fingerprint density at radius 3 is 2.35 bits per heavy atom. The molecule has 0 N–H and O–H groups in total. The average Bonchev–Trinajstić information content (AvgIpc) is 2.65. The predicted octanol–water partition coefficient (Wildman–Crippen LogP) is -0.826. The molecule has 0 aromatic heterocycles. The second-order valence-electron chi connectivity index (χ2n) is 3.84. The summed E-state index contributed by atoms with van der Waals surface area (Å²) in [7, 11) is 0. The van der Waals surface area contributed by atoms with Gasteiger partial charge in [-0.25, -0.2) is 0 Å². The maximum absolute atomic E-state index is 11.9. The van der Waals surface area contributed by atoms with Crippen molar-refractivity contribution in [2.24, 2.45) is 0 Å². The van der Waals surface area contributed by atoms with E-state index in [0.717, 1.165) is 0 Å². The van der Waals surface area contributed by atoms with Crippen LogP contribution in [0.1, 0.15) is 13.8 Å². The molecule has 2 heterocycles. The molecule has 94 valence electrons. The highest BCUT2D eigenvalue weighted by Crippen LogP contribution is 2.29. The second-order valence-corrected chi connectivity index (χ2v) is 3.84. The van der Waals surface area contributed by atoms with E-state index in [4.69, 9.17) is 18.9 Å². The molecule has 0 aromatic carbocycles. The SMILES string of the molecule is CC(=O)O[C@@H]1C(=O)[C@H](OC(C)=O)[C@@H]2OC[C@H]1O2. The van der Waals surface area contributed by atoms with Gasteiger partial charge >= 0.3 is 11.9 Å². The van der Waals surface area contributed by atoms with E-state index in [2.05, 4.69) is 0 Å². The van der Waals surface area contributed by atoms with Crippen LogP contribution in [-0.4, -0.2) is 48.9 Å². The molecule has 2 rings (SSSR count). The van der Waals surface area contributed by atoms with Gasteiger partial charge in [0.1, 0.15) is 6.10 Å². The van der Waals surface area contributed by atoms with Crippen molar-refractivity contribution in [3.05, 3.63) is 0 Å². The highest BCUT2D eigenvalue weighted by Gasteiger charge is 2.53. The van der Waals surface area contributed by atoms with Crippen LogP contribution in [0.3, 0.4) is 0 Å². The molecule has 0 radical (unpaired) electrons. The van der Waals surface area contributed by atoms with Crippen molar-refractivity contribution in [2.45, 2.75) is 38.4 Å². The minimum absolute atomic E-state index is 0.131. The Labute approximate surface area is 97.0 Å². The van der Waals surface area contributed by atoms with E-state index in [1.54, 1.807) is 0 Å². The third-order valence-corrected chi connectivity index (χ3v) is 2.47. The number of esters is 2. The lowest BCUT2D eigenvalue weighted by atomic mass is 10.0. The van der Waals surface area contributed by atoms with E-state index in [1.807, 2.05) is 0 Å². The van der Waals surface area contributed by atoms with Gasteiger partial charge in [0, 0.05) is 13.8 Å². The van der Waals surface area contributed by atoms with Crippen molar-refractivity contribution in [1.82, 2.24) is 0 Å². The number of hydrogen-bond donors (Lipinski definition) is 0. The zero-order valence-electron chi connectivity index (χ0n) is 9.37. The Bertz CT molecular complexity index is 332. The average molecular weight is 244 g/mol. The van der Waals surface area contributed by atoms with Gasteiger partial charge < -0.3 is 18.9 Å². The standard InChI is InChI=1S/C10H12O7/c1-4(11)15-8-6-3-14-10(17-6)9(7(8)13)16-5(2)12/h6,8-10H,3H2,1-2H3/t6-,8+,9+,10-/m1/s1. The first-order valence-electron chi connectivity index (χ1n) is 5.14. The van der Waals surface area contributed by atoms with Crippen LogP contribution in [0.5, 0.6) is 0 Å². The molecule has 7 nitrogen and oxygen atoms in total. The molecule has 2 fully saturated rings. The van der Waals surface area contributed by atoms with E-state index >= 15 is 0 Å². The molecule has 17 heavy (non-hydrogen) atoms. The maximum Gasteiger partial charge on any atom is 0.303 e. The Kier molecular flexibility index (Phi) is 3.12. The van der Waals surface area contributed by atoms with E-state index in [0.29, 0.717) is 0 Å². The third kappa shape index (κ3) is 2.29. The lowest BCUT2D eigenvalue weighted by Crippen LogP contribution is -2.53. The molecule has 0 unspecified atom stereocenters. The molecule has 2 aliphatic rings. The summed E-state index contributed by atoms with van der Waals surface area (Å²) in [5.41, 5.74) is 0. The molecule has 0 aromatic rings. The number of ketones is 1. The van der Waals surface area contributed by atoms with Crippen LogP contribution in [0.4, 0.5) is 0 Å². The smallest absolute Gasteiger partial charge is 0.303 e. The van der Waals surface area contributed by atoms with Crippen LogP contribution in [0, 0.1) is 0 Å². The molecular weight excluding hydrogens is 232 g/mol. The molecule has 2 aliphatic heterocycles. The first-order chi connectivity index (χ1) is 7.99. The largest absolute Gasteiger partial charge is 0.451 e. The third-order valence-electron chi connectivity index (χ3n) is 2.47. The molecule has 4 atom stereocenters. The number of carbonyl (C=O) groups excluding carboxylic acids is 3. The first-order valence-corrected chi connectivity index (χ1v) is 5.14. The van der Waals surface area contributed by atoms with Gasteiger partial charge in [0.25, 0.3) is 0 Å². The Hall–Kier alpha value is -1.47. The van der Waals surface area contributed by atoms with Crippen LogP contribution < -0.4 is 0 Å². The summed E-state index contributed by atoms with van der Waals surface area (Å²) >= 11 is 0. The fraction of sp³-hybridized carbons (Fsp3) is 0.700. The van der Waals surface area contributed by atoms with Crippen LogP contribution in [0.25, 0.3) is 0 Å². The van der Waals surface area contributed by atoms with Crippen LogP contribution in [0.2, 0.25) is 0 Å². The second kappa shape index (κ2) is 4.42. The monoisotopic (exact) mass is 244 g/mol. The van der Waals surface area contributed by atoms with Crippen LogP contribution in [0.15, 0.2) is 0 Å². The lowest BCUT2D eigenvalue weighted by Gasteiger charge is -2.30. The minimum Gasteiger partial charge on any atom is -0.451 e. The Morgan fingerprint density at radius 2 is 1.76 bits per heavy atom. The van der Waals surface area contributed by atoms with Gasteiger partial charge in [0.15, 0.2) is 6.10 Å². The zero-order valence-corrected chi connectivity index (χ0v) is 9.37. The van der Waals surface area contributed by atoms with E-state index in [9.17, 15) is 14.4 Å². The van der Waals surface area contributed by atoms with Crippen LogP contribution in [-0.2, 0) is 33.3 Å². The minimum atomic E-state index is -1.17. The zero-order chi connectivity index (χ0) is 12.6. The number of fused-ring (bicyclic) bond motifs is 2. The topological polar surface area (TPSA) is 88.1 Å². The van der Waals surface area contributed by atoms with Crippen LogP contribution >= 0.6 is 0 Å². The van der Waals surface area contributed by atoms with Gasteiger partial charge in [-0.3, -0.25) is 14.4 Å². The molecule has 2 saturated heterocycles. The molecule has 0 spiro atoms. The highest BCUT2D eigenvalue weighted by molar-refractivity contribution is 5.92. The molecule has 7 heteroatoms. The number of Topliss-reactive ketones (excluding diaryl/α,β-unsaturated/α-hetero) is 1. The quantitative estimate of drug-likeness (QED) is 0.586. The number of ether oxygens (including phenoxy) is 4. The fourth-order valence-electron chi connectivity index (χ4n) is 1.84. The molecule has 2 bridgehead atoms. The molecule has 0 saturated carbocycles. The number of hydrogen-bond acceptors (Lipinski definition) is 7. The van der Waals surface area contributed by atoms with Gasteiger partial charge in [-0.15, -0.1) is 0 Å². The summed E-state index contributed by atoms with van der Waals surface area (Å²) in [5.74, 6) is -1.73. The Morgan fingerprint density at radius 1 is 1.18 bits per heavy atom.